The highest BCUT2D eigenvalue weighted by Crippen LogP contribution is 2.39. The topological polar surface area (TPSA) is 52.6 Å². The quantitative estimate of drug-likeness (QED) is 0.765. The first-order chi connectivity index (χ1) is 9.97. The van der Waals surface area contributed by atoms with Gasteiger partial charge in [0.25, 0.3) is 0 Å². The van der Waals surface area contributed by atoms with Crippen molar-refractivity contribution in [1.82, 2.24) is 0 Å². The van der Waals surface area contributed by atoms with Gasteiger partial charge in [-0.3, -0.25) is 4.79 Å². The van der Waals surface area contributed by atoms with E-state index in [-0.39, 0.29) is 35.9 Å². The van der Waals surface area contributed by atoms with Gasteiger partial charge in [0.05, 0.1) is 19.1 Å². The van der Waals surface area contributed by atoms with Crippen LogP contribution in [0.2, 0.25) is 0 Å². The zero-order valence-corrected chi connectivity index (χ0v) is 12.8. The second kappa shape index (κ2) is 6.22. The van der Waals surface area contributed by atoms with Crippen molar-refractivity contribution in [2.75, 3.05) is 14.2 Å². The van der Waals surface area contributed by atoms with Gasteiger partial charge in [-0.05, 0) is 13.0 Å². The van der Waals surface area contributed by atoms with Crippen LogP contribution in [0.5, 0.6) is 11.5 Å². The van der Waals surface area contributed by atoms with Crippen molar-refractivity contribution in [2.24, 2.45) is 0 Å². The molecule has 0 spiro atoms. The summed E-state index contributed by atoms with van der Waals surface area (Å²) in [4.78, 5) is 23.4. The van der Waals surface area contributed by atoms with Crippen molar-refractivity contribution >= 4 is 33.0 Å². The minimum Gasteiger partial charge on any atom is -0.493 e. The van der Waals surface area contributed by atoms with Gasteiger partial charge in [-0.1, -0.05) is 0 Å². The van der Waals surface area contributed by atoms with Crippen LogP contribution in [0.3, 0.4) is 0 Å². The fourth-order valence-electron chi connectivity index (χ4n) is 1.99. The fraction of sp³-hybridized carbons (Fsp3) is 0.333. The Morgan fingerprint density at radius 2 is 1.90 bits per heavy atom. The maximum atomic E-state index is 14.3. The van der Waals surface area contributed by atoms with E-state index in [2.05, 4.69) is 0 Å². The molecule has 21 heavy (non-hydrogen) atoms. The molecule has 0 fully saturated rings. The molecule has 0 atom stereocenters. The number of ketones is 2. The lowest BCUT2D eigenvalue weighted by atomic mass is 10.1. The summed E-state index contributed by atoms with van der Waals surface area (Å²) >= 11 is 1.18. The number of ether oxygens (including phenoxy) is 2. The molecule has 112 valence electrons. The molecular weight excluding hydrogens is 295 g/mol. The van der Waals surface area contributed by atoms with Crippen molar-refractivity contribution in [2.45, 2.75) is 19.8 Å². The summed E-state index contributed by atoms with van der Waals surface area (Å²) in [5.41, 5.74) is 0. The molecule has 0 N–H and O–H groups in total. The number of rotatable bonds is 6. The van der Waals surface area contributed by atoms with Gasteiger partial charge in [0.15, 0.2) is 23.1 Å². The van der Waals surface area contributed by atoms with Crippen molar-refractivity contribution in [3.05, 3.63) is 22.8 Å². The third kappa shape index (κ3) is 3.05. The van der Waals surface area contributed by atoms with Gasteiger partial charge in [0.2, 0.25) is 0 Å². The van der Waals surface area contributed by atoms with Crippen LogP contribution in [0.25, 0.3) is 10.1 Å². The Balaban J connectivity index is 2.44. The zero-order valence-electron chi connectivity index (χ0n) is 12.0. The average Bonchev–Trinajstić information content (AvgIpc) is 2.88. The van der Waals surface area contributed by atoms with Crippen molar-refractivity contribution in [3.8, 4) is 11.5 Å². The molecule has 0 bridgehead atoms. The molecule has 1 aromatic carbocycles. The zero-order chi connectivity index (χ0) is 15.6. The molecule has 4 nitrogen and oxygen atoms in total. The first kappa shape index (κ1) is 15.4. The summed E-state index contributed by atoms with van der Waals surface area (Å²) in [7, 11) is 2.79. The average molecular weight is 310 g/mol. The maximum absolute atomic E-state index is 14.3. The number of benzene rings is 1. The van der Waals surface area contributed by atoms with E-state index in [4.69, 9.17) is 9.47 Å². The lowest BCUT2D eigenvalue weighted by Gasteiger charge is -2.08. The minimum absolute atomic E-state index is 0.0190. The Kier molecular flexibility index (Phi) is 4.57. The number of methoxy groups -OCH3 is 2. The van der Waals surface area contributed by atoms with E-state index < -0.39 is 5.82 Å². The van der Waals surface area contributed by atoms with Crippen LogP contribution in [0.4, 0.5) is 4.39 Å². The van der Waals surface area contributed by atoms with Crippen LogP contribution in [0.15, 0.2) is 12.1 Å². The van der Waals surface area contributed by atoms with E-state index in [1.165, 1.54) is 38.5 Å². The standard InChI is InChI=1S/C15H15FO4S/c1-8(17)4-5-10(18)13-6-9-12(21-13)7-11(19-2)15(20-3)14(9)16/h6-7H,4-5H2,1-3H3. The summed E-state index contributed by atoms with van der Waals surface area (Å²) in [5, 5.41) is 0.323. The van der Waals surface area contributed by atoms with E-state index in [0.717, 1.165) is 0 Å². The molecule has 6 heteroatoms. The highest BCUT2D eigenvalue weighted by Gasteiger charge is 2.19. The fourth-order valence-corrected chi connectivity index (χ4v) is 3.05. The summed E-state index contributed by atoms with van der Waals surface area (Å²) in [5.74, 6) is -0.450. The summed E-state index contributed by atoms with van der Waals surface area (Å²) in [6, 6.07) is 3.14. The molecule has 0 amide bonds. The highest BCUT2D eigenvalue weighted by atomic mass is 32.1. The lowest BCUT2D eigenvalue weighted by Crippen LogP contribution is -1.99. The molecule has 0 radical (unpaired) electrons. The number of Topliss-reactive ketones (excluding diaryl/α,β-unsaturated/α-hetero) is 2. The van der Waals surface area contributed by atoms with Crippen LogP contribution in [-0.4, -0.2) is 25.8 Å². The summed E-state index contributed by atoms with van der Waals surface area (Å²) < 4.78 is 25.0. The van der Waals surface area contributed by atoms with Crippen molar-refractivity contribution in [1.29, 1.82) is 0 Å². The van der Waals surface area contributed by atoms with E-state index in [1.807, 2.05) is 0 Å². The molecule has 0 aliphatic carbocycles. The molecule has 2 rings (SSSR count). The van der Waals surface area contributed by atoms with Gasteiger partial charge in [-0.2, -0.15) is 0 Å². The Bertz CT molecular complexity index is 705. The number of thiophene rings is 1. The first-order valence-electron chi connectivity index (χ1n) is 6.34. The van der Waals surface area contributed by atoms with Gasteiger partial charge >= 0.3 is 0 Å². The van der Waals surface area contributed by atoms with Gasteiger partial charge < -0.3 is 14.3 Å². The third-order valence-electron chi connectivity index (χ3n) is 3.09. The SMILES string of the molecule is COc1cc2sc(C(=O)CCC(C)=O)cc2c(F)c1OC. The molecule has 0 aliphatic rings. The normalized spacial score (nSPS) is 10.7. The number of fused-ring (bicyclic) bond motifs is 1. The van der Waals surface area contributed by atoms with Crippen LogP contribution >= 0.6 is 11.3 Å². The Hall–Kier alpha value is -1.95. The van der Waals surface area contributed by atoms with Crippen molar-refractivity contribution in [3.63, 3.8) is 0 Å². The van der Waals surface area contributed by atoms with Gasteiger partial charge in [0.1, 0.15) is 5.78 Å². The predicted molar refractivity (Wildman–Crippen MR) is 79.1 cm³/mol. The third-order valence-corrected chi connectivity index (χ3v) is 4.21. The molecular formula is C15H15FO4S. The number of hydrogen-bond acceptors (Lipinski definition) is 5. The lowest BCUT2D eigenvalue weighted by molar-refractivity contribution is -0.116. The number of hydrogen-bond donors (Lipinski definition) is 0. The maximum Gasteiger partial charge on any atom is 0.197 e. The van der Waals surface area contributed by atoms with Gasteiger partial charge in [-0.15, -0.1) is 11.3 Å². The molecule has 0 unspecified atom stereocenters. The smallest absolute Gasteiger partial charge is 0.197 e. The Morgan fingerprint density at radius 3 is 2.48 bits per heavy atom. The largest absolute Gasteiger partial charge is 0.493 e. The predicted octanol–water partition coefficient (Wildman–Crippen LogP) is 3.61. The van der Waals surface area contributed by atoms with E-state index >= 15 is 0 Å². The molecule has 1 heterocycles. The number of carbonyl (C=O) groups is 2. The van der Waals surface area contributed by atoms with Crippen LogP contribution in [0, 0.1) is 5.82 Å². The molecule has 0 saturated carbocycles. The second-order valence-electron chi connectivity index (χ2n) is 4.57. The Morgan fingerprint density at radius 1 is 1.19 bits per heavy atom. The number of halogens is 1. The first-order valence-corrected chi connectivity index (χ1v) is 7.16. The molecule has 1 aromatic heterocycles. The summed E-state index contributed by atoms with van der Waals surface area (Å²) in [6.07, 6.45) is 0.334. The van der Waals surface area contributed by atoms with Crippen LogP contribution < -0.4 is 9.47 Å². The van der Waals surface area contributed by atoms with E-state index in [1.54, 1.807) is 6.07 Å². The molecule has 2 aromatic rings. The van der Waals surface area contributed by atoms with Crippen LogP contribution in [0.1, 0.15) is 29.4 Å². The van der Waals surface area contributed by atoms with E-state index in [9.17, 15) is 14.0 Å². The highest BCUT2D eigenvalue weighted by molar-refractivity contribution is 7.20. The van der Waals surface area contributed by atoms with E-state index in [0.29, 0.717) is 15.0 Å². The summed E-state index contributed by atoms with van der Waals surface area (Å²) in [6.45, 7) is 1.44. The minimum atomic E-state index is -0.547. The van der Waals surface area contributed by atoms with Gasteiger partial charge in [-0.25, -0.2) is 4.39 Å². The van der Waals surface area contributed by atoms with Gasteiger partial charge in [0, 0.05) is 29.0 Å². The second-order valence-corrected chi connectivity index (χ2v) is 5.66. The Labute approximate surface area is 125 Å². The van der Waals surface area contributed by atoms with Crippen molar-refractivity contribution < 1.29 is 23.5 Å². The molecule has 0 aliphatic heterocycles. The molecule has 0 saturated heterocycles. The van der Waals surface area contributed by atoms with Crippen LogP contribution in [-0.2, 0) is 4.79 Å². The number of carbonyl (C=O) groups excluding carboxylic acids is 2. The monoisotopic (exact) mass is 310 g/mol.